The zero-order valence-electron chi connectivity index (χ0n) is 8.04. The topological polar surface area (TPSA) is 43.8 Å². The van der Waals surface area contributed by atoms with Crippen molar-refractivity contribution in [1.29, 1.82) is 0 Å². The Morgan fingerprint density at radius 2 is 1.80 bits per heavy atom. The fourth-order valence-corrected chi connectivity index (χ4v) is 1.31. The van der Waals surface area contributed by atoms with E-state index in [9.17, 15) is 0 Å². The first-order valence-electron chi connectivity index (χ1n) is 4.19. The van der Waals surface area contributed by atoms with Crippen LogP contribution in [0.25, 0.3) is 5.69 Å². The number of imidazole rings is 1. The summed E-state index contributed by atoms with van der Waals surface area (Å²) >= 11 is 0. The van der Waals surface area contributed by atoms with Crippen LogP contribution in [-0.4, -0.2) is 9.55 Å². The third-order valence-corrected chi connectivity index (χ3v) is 1.93. The van der Waals surface area contributed by atoms with Gasteiger partial charge in [0.1, 0.15) is 5.82 Å². The summed E-state index contributed by atoms with van der Waals surface area (Å²) in [4.78, 5) is 4.15. The van der Waals surface area contributed by atoms with Gasteiger partial charge in [0.05, 0.1) is 6.54 Å². The van der Waals surface area contributed by atoms with Gasteiger partial charge in [-0.25, -0.2) is 4.98 Å². The van der Waals surface area contributed by atoms with Crippen molar-refractivity contribution in [2.75, 3.05) is 0 Å². The molecule has 0 fully saturated rings. The minimum Gasteiger partial charge on any atom is -0.324 e. The molecule has 2 N–H and O–H groups in total. The first kappa shape index (κ1) is 14.0. The Labute approximate surface area is 101 Å². The molecule has 3 nitrogen and oxygen atoms in total. The molecule has 5 heteroatoms. The van der Waals surface area contributed by atoms with Crippen molar-refractivity contribution in [2.24, 2.45) is 5.73 Å². The molecule has 1 heterocycles. The van der Waals surface area contributed by atoms with E-state index in [0.717, 1.165) is 11.5 Å². The summed E-state index contributed by atoms with van der Waals surface area (Å²) in [6.45, 7) is 0.460. The lowest BCUT2D eigenvalue weighted by Gasteiger charge is -2.04. The summed E-state index contributed by atoms with van der Waals surface area (Å²) in [5.41, 5.74) is 6.65. The summed E-state index contributed by atoms with van der Waals surface area (Å²) in [7, 11) is 0. The molecule has 0 aliphatic carbocycles. The lowest BCUT2D eigenvalue weighted by atomic mass is 10.3. The average Bonchev–Trinajstić information content (AvgIpc) is 2.67. The predicted octanol–water partition coefficient (Wildman–Crippen LogP) is 2.17. The molecular weight excluding hydrogens is 233 g/mol. The van der Waals surface area contributed by atoms with E-state index >= 15 is 0 Å². The summed E-state index contributed by atoms with van der Waals surface area (Å²) in [5, 5.41) is 0. The van der Waals surface area contributed by atoms with Gasteiger partial charge in [-0.3, -0.25) is 0 Å². The van der Waals surface area contributed by atoms with Gasteiger partial charge in [-0.1, -0.05) is 18.2 Å². The Kier molecular flexibility index (Phi) is 6.01. The molecule has 1 aromatic carbocycles. The molecular formula is C10H13Cl2N3. The van der Waals surface area contributed by atoms with Crippen LogP contribution >= 0.6 is 24.8 Å². The van der Waals surface area contributed by atoms with E-state index in [1.165, 1.54) is 0 Å². The molecule has 0 aliphatic rings. The van der Waals surface area contributed by atoms with Crippen molar-refractivity contribution in [2.45, 2.75) is 6.54 Å². The van der Waals surface area contributed by atoms with Gasteiger partial charge in [0.2, 0.25) is 0 Å². The Balaban J connectivity index is 0.000000980. The van der Waals surface area contributed by atoms with Crippen LogP contribution in [0.15, 0.2) is 42.7 Å². The number of aromatic nitrogens is 2. The third kappa shape index (κ3) is 2.96. The standard InChI is InChI=1S/C10H11N3.2ClH/c11-8-10-12-6-7-13(10)9-4-2-1-3-5-9;;/h1-7H,8,11H2;2*1H. The molecule has 0 atom stereocenters. The first-order valence-corrected chi connectivity index (χ1v) is 4.19. The Bertz CT molecular complexity index is 387. The molecule has 0 spiro atoms. The highest BCUT2D eigenvalue weighted by Gasteiger charge is 2.00. The van der Waals surface area contributed by atoms with Crippen LogP contribution in [-0.2, 0) is 6.54 Å². The van der Waals surface area contributed by atoms with Crippen LogP contribution in [0.1, 0.15) is 5.82 Å². The molecule has 0 aliphatic heterocycles. The number of benzene rings is 1. The summed E-state index contributed by atoms with van der Waals surface area (Å²) in [5.74, 6) is 0.881. The summed E-state index contributed by atoms with van der Waals surface area (Å²) in [6.07, 6.45) is 3.67. The fraction of sp³-hybridized carbons (Fsp3) is 0.100. The number of nitrogens with zero attached hydrogens (tertiary/aromatic N) is 2. The third-order valence-electron chi connectivity index (χ3n) is 1.93. The second kappa shape index (κ2) is 6.45. The maximum absolute atomic E-state index is 5.55. The van der Waals surface area contributed by atoms with Gasteiger partial charge in [0.25, 0.3) is 0 Å². The number of hydrogen-bond acceptors (Lipinski definition) is 2. The number of halogens is 2. The smallest absolute Gasteiger partial charge is 0.126 e. The van der Waals surface area contributed by atoms with E-state index in [2.05, 4.69) is 4.98 Å². The van der Waals surface area contributed by atoms with Gasteiger partial charge in [-0.15, -0.1) is 24.8 Å². The predicted molar refractivity (Wildman–Crippen MR) is 66.0 cm³/mol. The Morgan fingerprint density at radius 1 is 1.13 bits per heavy atom. The lowest BCUT2D eigenvalue weighted by Crippen LogP contribution is -2.05. The van der Waals surface area contributed by atoms with Gasteiger partial charge in [-0.2, -0.15) is 0 Å². The minimum absolute atomic E-state index is 0. The van der Waals surface area contributed by atoms with E-state index in [4.69, 9.17) is 5.73 Å². The van der Waals surface area contributed by atoms with Crippen molar-refractivity contribution in [3.05, 3.63) is 48.5 Å². The van der Waals surface area contributed by atoms with Crippen molar-refractivity contribution in [3.8, 4) is 5.69 Å². The Hall–Kier alpha value is -1.03. The quantitative estimate of drug-likeness (QED) is 0.882. The zero-order chi connectivity index (χ0) is 9.10. The highest BCUT2D eigenvalue weighted by molar-refractivity contribution is 5.85. The second-order valence-corrected chi connectivity index (χ2v) is 2.75. The largest absolute Gasteiger partial charge is 0.324 e. The van der Waals surface area contributed by atoms with Crippen LogP contribution in [0.5, 0.6) is 0 Å². The van der Waals surface area contributed by atoms with Crippen LogP contribution < -0.4 is 5.73 Å². The molecule has 0 radical (unpaired) electrons. The van der Waals surface area contributed by atoms with Gasteiger partial charge in [0, 0.05) is 18.1 Å². The maximum atomic E-state index is 5.55. The number of rotatable bonds is 2. The number of para-hydroxylation sites is 1. The molecule has 1 aromatic heterocycles. The molecule has 15 heavy (non-hydrogen) atoms. The van der Waals surface area contributed by atoms with Gasteiger partial charge >= 0.3 is 0 Å². The van der Waals surface area contributed by atoms with Gasteiger partial charge in [-0.05, 0) is 12.1 Å². The van der Waals surface area contributed by atoms with Crippen molar-refractivity contribution < 1.29 is 0 Å². The molecule has 0 bridgehead atoms. The highest BCUT2D eigenvalue weighted by atomic mass is 35.5. The minimum atomic E-state index is 0. The molecule has 0 saturated carbocycles. The van der Waals surface area contributed by atoms with E-state index < -0.39 is 0 Å². The second-order valence-electron chi connectivity index (χ2n) is 2.75. The zero-order valence-corrected chi connectivity index (χ0v) is 9.67. The first-order chi connectivity index (χ1) is 6.42. The Morgan fingerprint density at radius 3 is 2.40 bits per heavy atom. The van der Waals surface area contributed by atoms with Crippen LogP contribution in [0, 0.1) is 0 Å². The van der Waals surface area contributed by atoms with E-state index in [1.807, 2.05) is 41.1 Å². The molecule has 82 valence electrons. The van der Waals surface area contributed by atoms with E-state index in [1.54, 1.807) is 6.20 Å². The fourth-order valence-electron chi connectivity index (χ4n) is 1.31. The molecule has 0 unspecified atom stereocenters. The molecule has 2 rings (SSSR count). The van der Waals surface area contributed by atoms with E-state index in [-0.39, 0.29) is 24.8 Å². The van der Waals surface area contributed by atoms with Crippen LogP contribution in [0.2, 0.25) is 0 Å². The molecule has 0 amide bonds. The van der Waals surface area contributed by atoms with Crippen LogP contribution in [0.4, 0.5) is 0 Å². The average molecular weight is 246 g/mol. The van der Waals surface area contributed by atoms with Crippen LogP contribution in [0.3, 0.4) is 0 Å². The maximum Gasteiger partial charge on any atom is 0.126 e. The number of hydrogen-bond donors (Lipinski definition) is 1. The lowest BCUT2D eigenvalue weighted by molar-refractivity contribution is 0.868. The highest BCUT2D eigenvalue weighted by Crippen LogP contribution is 2.08. The van der Waals surface area contributed by atoms with Crippen molar-refractivity contribution in [1.82, 2.24) is 9.55 Å². The van der Waals surface area contributed by atoms with Gasteiger partial charge < -0.3 is 10.3 Å². The summed E-state index contributed by atoms with van der Waals surface area (Å²) < 4.78 is 1.99. The number of nitrogens with two attached hydrogens (primary N) is 1. The van der Waals surface area contributed by atoms with Crippen molar-refractivity contribution in [3.63, 3.8) is 0 Å². The van der Waals surface area contributed by atoms with E-state index in [0.29, 0.717) is 6.54 Å². The molecule has 0 saturated heterocycles. The SMILES string of the molecule is Cl.Cl.NCc1nccn1-c1ccccc1. The van der Waals surface area contributed by atoms with Crippen molar-refractivity contribution >= 4 is 24.8 Å². The normalized spacial score (nSPS) is 8.87. The monoisotopic (exact) mass is 245 g/mol. The molecule has 2 aromatic rings. The summed E-state index contributed by atoms with van der Waals surface area (Å²) in [6, 6.07) is 10.0. The van der Waals surface area contributed by atoms with Gasteiger partial charge in [0.15, 0.2) is 0 Å².